The normalized spacial score (nSPS) is 15.6. The number of ether oxygens (including phenoxy) is 2. The summed E-state index contributed by atoms with van der Waals surface area (Å²) in [5.74, 6) is -0.794. The molecule has 0 bridgehead atoms. The van der Waals surface area contributed by atoms with Crippen molar-refractivity contribution in [2.24, 2.45) is 0 Å². The van der Waals surface area contributed by atoms with Gasteiger partial charge in [-0.3, -0.25) is 4.79 Å². The molecule has 2 rings (SSSR count). The molecule has 4 nitrogen and oxygen atoms in total. The summed E-state index contributed by atoms with van der Waals surface area (Å²) >= 11 is 0. The maximum Gasteiger partial charge on any atom is 0.310 e. The molecule has 1 unspecified atom stereocenters. The Morgan fingerprint density at radius 2 is 2.06 bits per heavy atom. The van der Waals surface area contributed by atoms with Gasteiger partial charge in [-0.2, -0.15) is 0 Å². The third kappa shape index (κ3) is 1.76. The second kappa shape index (κ2) is 4.14. The summed E-state index contributed by atoms with van der Waals surface area (Å²) in [7, 11) is 1.55. The van der Waals surface area contributed by atoms with Crippen molar-refractivity contribution in [3.8, 4) is 5.75 Å². The van der Waals surface area contributed by atoms with E-state index in [1.807, 2.05) is 12.1 Å². The molecule has 0 aromatic heterocycles. The second-order valence-electron chi connectivity index (χ2n) is 3.92. The molecule has 0 aliphatic carbocycles. The minimum Gasteiger partial charge on any atom is -0.496 e. The molecule has 4 heteroatoms. The summed E-state index contributed by atoms with van der Waals surface area (Å²) < 4.78 is 10.5. The van der Waals surface area contributed by atoms with E-state index in [0.717, 1.165) is 11.1 Å². The minimum atomic E-state index is -0.850. The number of hydrogen-bond acceptors (Lipinski definition) is 3. The zero-order valence-electron chi connectivity index (χ0n) is 9.32. The smallest absolute Gasteiger partial charge is 0.310 e. The van der Waals surface area contributed by atoms with Crippen LogP contribution in [-0.2, 0) is 22.7 Å². The number of benzene rings is 1. The molecule has 1 atom stereocenters. The topological polar surface area (TPSA) is 55.8 Å². The van der Waals surface area contributed by atoms with Gasteiger partial charge in [0.05, 0.1) is 26.2 Å². The SMILES string of the molecule is COc1cc2c(cc1C(C)C(=O)O)COC2. The first-order valence-electron chi connectivity index (χ1n) is 5.13. The molecule has 16 heavy (non-hydrogen) atoms. The van der Waals surface area contributed by atoms with E-state index >= 15 is 0 Å². The maximum atomic E-state index is 11.0. The zero-order valence-corrected chi connectivity index (χ0v) is 9.32. The fourth-order valence-corrected chi connectivity index (χ4v) is 1.87. The van der Waals surface area contributed by atoms with Crippen molar-refractivity contribution >= 4 is 5.97 Å². The molecule has 0 spiro atoms. The number of carboxylic acid groups (broad SMARTS) is 1. The Bertz CT molecular complexity index is 425. The molecule has 1 aromatic carbocycles. The maximum absolute atomic E-state index is 11.0. The Morgan fingerprint density at radius 3 is 2.62 bits per heavy atom. The van der Waals surface area contributed by atoms with E-state index in [-0.39, 0.29) is 0 Å². The molecular weight excluding hydrogens is 208 g/mol. The van der Waals surface area contributed by atoms with Crippen molar-refractivity contribution in [3.63, 3.8) is 0 Å². The molecule has 1 aromatic rings. The third-order valence-electron chi connectivity index (χ3n) is 2.90. The van der Waals surface area contributed by atoms with Crippen LogP contribution in [0.15, 0.2) is 12.1 Å². The molecule has 86 valence electrons. The van der Waals surface area contributed by atoms with Gasteiger partial charge in [0.2, 0.25) is 0 Å². The van der Waals surface area contributed by atoms with Crippen molar-refractivity contribution < 1.29 is 19.4 Å². The Balaban J connectivity index is 2.47. The van der Waals surface area contributed by atoms with E-state index in [9.17, 15) is 4.79 Å². The first-order valence-corrected chi connectivity index (χ1v) is 5.13. The van der Waals surface area contributed by atoms with E-state index < -0.39 is 11.9 Å². The zero-order chi connectivity index (χ0) is 11.7. The van der Waals surface area contributed by atoms with Gasteiger partial charge in [-0.15, -0.1) is 0 Å². The summed E-state index contributed by atoms with van der Waals surface area (Å²) in [4.78, 5) is 11.0. The highest BCUT2D eigenvalue weighted by Crippen LogP contribution is 2.33. The van der Waals surface area contributed by atoms with Gasteiger partial charge in [-0.1, -0.05) is 0 Å². The fraction of sp³-hybridized carbons (Fsp3) is 0.417. The van der Waals surface area contributed by atoms with Crippen LogP contribution in [-0.4, -0.2) is 18.2 Å². The van der Waals surface area contributed by atoms with Crippen LogP contribution in [0, 0.1) is 0 Å². The fourth-order valence-electron chi connectivity index (χ4n) is 1.87. The number of fused-ring (bicyclic) bond motifs is 1. The molecule has 0 fully saturated rings. The van der Waals surface area contributed by atoms with E-state index in [2.05, 4.69) is 0 Å². The van der Waals surface area contributed by atoms with Gasteiger partial charge >= 0.3 is 5.97 Å². The van der Waals surface area contributed by atoms with Crippen LogP contribution in [0.4, 0.5) is 0 Å². The lowest BCUT2D eigenvalue weighted by Crippen LogP contribution is -2.09. The predicted molar refractivity (Wildman–Crippen MR) is 57.5 cm³/mol. The lowest BCUT2D eigenvalue weighted by molar-refractivity contribution is -0.138. The lowest BCUT2D eigenvalue weighted by Gasteiger charge is -2.13. The number of methoxy groups -OCH3 is 1. The van der Waals surface area contributed by atoms with Crippen LogP contribution in [0.2, 0.25) is 0 Å². The van der Waals surface area contributed by atoms with Gasteiger partial charge in [-0.25, -0.2) is 0 Å². The third-order valence-corrected chi connectivity index (χ3v) is 2.90. The van der Waals surface area contributed by atoms with Crippen molar-refractivity contribution in [1.29, 1.82) is 0 Å². The van der Waals surface area contributed by atoms with E-state index in [1.165, 1.54) is 0 Å². The lowest BCUT2D eigenvalue weighted by atomic mass is 9.96. The Hall–Kier alpha value is -1.55. The highest BCUT2D eigenvalue weighted by molar-refractivity contribution is 5.77. The molecule has 0 radical (unpaired) electrons. The average Bonchev–Trinajstić information content (AvgIpc) is 2.72. The van der Waals surface area contributed by atoms with Crippen LogP contribution in [0.25, 0.3) is 0 Å². The van der Waals surface area contributed by atoms with Crippen molar-refractivity contribution in [1.82, 2.24) is 0 Å². The van der Waals surface area contributed by atoms with Crippen molar-refractivity contribution in [3.05, 3.63) is 28.8 Å². The Morgan fingerprint density at radius 1 is 1.44 bits per heavy atom. The summed E-state index contributed by atoms with van der Waals surface area (Å²) in [6, 6.07) is 3.75. The van der Waals surface area contributed by atoms with Gasteiger partial charge in [0.1, 0.15) is 5.75 Å². The summed E-state index contributed by atoms with van der Waals surface area (Å²) in [6.45, 7) is 2.79. The predicted octanol–water partition coefficient (Wildman–Crippen LogP) is 1.91. The highest BCUT2D eigenvalue weighted by atomic mass is 16.5. The van der Waals surface area contributed by atoms with Crippen LogP contribution < -0.4 is 4.74 Å². The van der Waals surface area contributed by atoms with Gasteiger partial charge in [-0.05, 0) is 30.2 Å². The van der Waals surface area contributed by atoms with Crippen LogP contribution in [0.3, 0.4) is 0 Å². The standard InChI is InChI=1S/C12H14O4/c1-7(12(13)14)10-3-8-5-16-6-9(8)4-11(10)15-2/h3-4,7H,5-6H2,1-2H3,(H,13,14). The van der Waals surface area contributed by atoms with Gasteiger partial charge in [0, 0.05) is 5.56 Å². The summed E-state index contributed by atoms with van der Waals surface area (Å²) in [5.41, 5.74) is 2.85. The first-order chi connectivity index (χ1) is 7.63. The second-order valence-corrected chi connectivity index (χ2v) is 3.92. The largest absolute Gasteiger partial charge is 0.496 e. The van der Waals surface area contributed by atoms with Gasteiger partial charge in [0.15, 0.2) is 0 Å². The van der Waals surface area contributed by atoms with Gasteiger partial charge in [0.25, 0.3) is 0 Å². The highest BCUT2D eigenvalue weighted by Gasteiger charge is 2.22. The minimum absolute atomic E-state index is 0.554. The molecule has 0 saturated heterocycles. The summed E-state index contributed by atoms with van der Waals surface area (Å²) in [5, 5.41) is 9.02. The molecule has 1 aliphatic heterocycles. The molecule has 1 N–H and O–H groups in total. The summed E-state index contributed by atoms with van der Waals surface area (Å²) in [6.07, 6.45) is 0. The molecule has 1 aliphatic rings. The van der Waals surface area contributed by atoms with E-state index in [4.69, 9.17) is 14.6 Å². The average molecular weight is 222 g/mol. The van der Waals surface area contributed by atoms with E-state index in [0.29, 0.717) is 24.5 Å². The molecule has 0 saturated carbocycles. The first kappa shape index (κ1) is 11.0. The number of carbonyl (C=O) groups is 1. The Labute approximate surface area is 93.8 Å². The Kier molecular flexibility index (Phi) is 2.83. The monoisotopic (exact) mass is 222 g/mol. The van der Waals surface area contributed by atoms with Crippen LogP contribution >= 0.6 is 0 Å². The number of aliphatic carboxylic acids is 1. The quantitative estimate of drug-likeness (QED) is 0.848. The molecular formula is C12H14O4. The number of rotatable bonds is 3. The molecule has 0 amide bonds. The number of hydrogen-bond donors (Lipinski definition) is 1. The van der Waals surface area contributed by atoms with Gasteiger partial charge < -0.3 is 14.6 Å². The van der Waals surface area contributed by atoms with Crippen molar-refractivity contribution in [2.75, 3.05) is 7.11 Å². The van der Waals surface area contributed by atoms with Crippen LogP contribution in [0.5, 0.6) is 5.75 Å². The van der Waals surface area contributed by atoms with E-state index in [1.54, 1.807) is 14.0 Å². The van der Waals surface area contributed by atoms with Crippen molar-refractivity contribution in [2.45, 2.75) is 26.1 Å². The van der Waals surface area contributed by atoms with Crippen LogP contribution in [0.1, 0.15) is 29.5 Å². The molecule has 1 heterocycles. The number of carboxylic acids is 1.